The van der Waals surface area contributed by atoms with Crippen molar-refractivity contribution < 1.29 is 24.3 Å². The van der Waals surface area contributed by atoms with Gasteiger partial charge in [-0.1, -0.05) is 0 Å². The summed E-state index contributed by atoms with van der Waals surface area (Å²) in [6, 6.07) is 3.77. The number of hydrogen-bond donors (Lipinski definition) is 2. The summed E-state index contributed by atoms with van der Waals surface area (Å²) in [7, 11) is 2.48. The quantitative estimate of drug-likeness (QED) is 0.257. The lowest BCUT2D eigenvalue weighted by molar-refractivity contribution is -0.385. The molecular weight excluding hydrogens is 364 g/mol. The van der Waals surface area contributed by atoms with E-state index in [1.807, 2.05) is 0 Å². The van der Waals surface area contributed by atoms with Gasteiger partial charge in [-0.05, 0) is 6.07 Å². The Kier molecular flexibility index (Phi) is 5.71. The highest BCUT2D eigenvalue weighted by atomic mass is 32.1. The lowest BCUT2D eigenvalue weighted by Crippen LogP contribution is -2.15. The molecule has 2 N–H and O–H groups in total. The zero-order valence-corrected chi connectivity index (χ0v) is 14.4. The number of aliphatic hydroxyl groups excluding tert-OH is 1. The molecule has 0 fully saturated rings. The Morgan fingerprint density at radius 1 is 1.42 bits per heavy atom. The monoisotopic (exact) mass is 376 g/mol. The second kappa shape index (κ2) is 7.95. The van der Waals surface area contributed by atoms with Crippen molar-refractivity contribution in [3.05, 3.63) is 45.0 Å². The summed E-state index contributed by atoms with van der Waals surface area (Å²) in [4.78, 5) is 26.5. The Balaban J connectivity index is 2.54. The Morgan fingerprint density at radius 3 is 2.65 bits per heavy atom. The molecule has 1 amide bonds. The number of ether oxygens (including phenoxy) is 2. The molecule has 26 heavy (non-hydrogen) atoms. The van der Waals surface area contributed by atoms with Crippen molar-refractivity contribution in [3.8, 4) is 17.6 Å². The Morgan fingerprint density at radius 2 is 2.15 bits per heavy atom. The van der Waals surface area contributed by atoms with Gasteiger partial charge in [-0.3, -0.25) is 20.2 Å². The molecule has 0 atom stereocenters. The highest BCUT2D eigenvalue weighted by Gasteiger charge is 2.25. The van der Waals surface area contributed by atoms with E-state index in [1.54, 1.807) is 11.4 Å². The fraction of sp³-hybridized carbons (Fsp3) is 0.133. The number of nitro benzene ring substituents is 1. The second-order valence-electron chi connectivity index (χ2n) is 4.61. The molecule has 0 radical (unpaired) electrons. The topological polar surface area (TPSA) is 148 Å². The molecule has 2 aromatic rings. The number of nitrogens with zero attached hydrogens (tertiary/aromatic N) is 3. The van der Waals surface area contributed by atoms with E-state index in [0.717, 1.165) is 17.4 Å². The minimum Gasteiger partial charge on any atom is -0.506 e. The molecule has 1 aromatic heterocycles. The van der Waals surface area contributed by atoms with Gasteiger partial charge in [0.25, 0.3) is 5.91 Å². The summed E-state index contributed by atoms with van der Waals surface area (Å²) in [5.41, 5.74) is -1.28. The van der Waals surface area contributed by atoms with Crippen molar-refractivity contribution in [2.24, 2.45) is 0 Å². The maximum atomic E-state index is 12.2. The molecule has 10 nitrogen and oxygen atoms in total. The zero-order chi connectivity index (χ0) is 19.3. The molecule has 134 valence electrons. The fourth-order valence-corrected chi connectivity index (χ4v) is 2.54. The van der Waals surface area contributed by atoms with E-state index in [4.69, 9.17) is 9.47 Å². The van der Waals surface area contributed by atoms with Crippen LogP contribution in [0.1, 0.15) is 5.56 Å². The molecule has 0 aliphatic carbocycles. The van der Waals surface area contributed by atoms with E-state index in [1.165, 1.54) is 26.5 Å². The van der Waals surface area contributed by atoms with Gasteiger partial charge in [0, 0.05) is 23.2 Å². The van der Waals surface area contributed by atoms with Crippen molar-refractivity contribution in [1.82, 2.24) is 4.98 Å². The summed E-state index contributed by atoms with van der Waals surface area (Å²) in [6.45, 7) is 0. The van der Waals surface area contributed by atoms with Crippen LogP contribution in [0, 0.1) is 21.4 Å². The van der Waals surface area contributed by atoms with Gasteiger partial charge in [0.15, 0.2) is 16.5 Å². The number of carbonyl (C=O) groups is 1. The molecule has 0 aliphatic heterocycles. The molecule has 0 bridgehead atoms. The number of carbonyl (C=O) groups excluding carboxylic acids is 1. The maximum absolute atomic E-state index is 12.2. The maximum Gasteiger partial charge on any atom is 0.315 e. The third kappa shape index (κ3) is 3.70. The average molecular weight is 376 g/mol. The molecule has 0 saturated carbocycles. The largest absolute Gasteiger partial charge is 0.506 e. The molecule has 0 unspecified atom stereocenters. The summed E-state index contributed by atoms with van der Waals surface area (Å²) in [6.07, 6.45) is 1.45. The number of aliphatic hydroxyl groups is 1. The smallest absolute Gasteiger partial charge is 0.315 e. The molecule has 0 spiro atoms. The predicted octanol–water partition coefficient (Wildman–Crippen LogP) is 2.50. The summed E-state index contributed by atoms with van der Waals surface area (Å²) >= 11 is 1.12. The van der Waals surface area contributed by atoms with Crippen molar-refractivity contribution >= 4 is 33.8 Å². The van der Waals surface area contributed by atoms with Crippen molar-refractivity contribution in [3.63, 3.8) is 0 Å². The van der Waals surface area contributed by atoms with Gasteiger partial charge in [0.1, 0.15) is 11.8 Å². The SMILES string of the molecule is COc1cc(/C(O)=C(\C#N)C(=O)Nc2nccs2)cc([N+](=O)[O-])c1OC. The molecule has 1 heterocycles. The van der Waals surface area contributed by atoms with Crippen LogP contribution in [0.3, 0.4) is 0 Å². The molecule has 0 aliphatic rings. The highest BCUT2D eigenvalue weighted by molar-refractivity contribution is 7.13. The van der Waals surface area contributed by atoms with Crippen LogP contribution in [0.25, 0.3) is 5.76 Å². The van der Waals surface area contributed by atoms with Crippen LogP contribution in [0.5, 0.6) is 11.5 Å². The van der Waals surface area contributed by atoms with E-state index < -0.39 is 27.9 Å². The number of hydrogen-bond acceptors (Lipinski definition) is 9. The molecule has 1 aromatic carbocycles. The third-order valence-electron chi connectivity index (χ3n) is 3.16. The first-order valence-corrected chi connectivity index (χ1v) is 7.75. The van der Waals surface area contributed by atoms with E-state index >= 15 is 0 Å². The van der Waals surface area contributed by atoms with Crippen molar-refractivity contribution in [2.75, 3.05) is 19.5 Å². The first-order chi connectivity index (χ1) is 12.4. The van der Waals surface area contributed by atoms with Crippen LogP contribution in [0.15, 0.2) is 29.3 Å². The summed E-state index contributed by atoms with van der Waals surface area (Å²) < 4.78 is 9.97. The Hall–Kier alpha value is -3.65. The van der Waals surface area contributed by atoms with E-state index in [9.17, 15) is 25.3 Å². The molecule has 11 heteroatoms. The minimum absolute atomic E-state index is 0.0409. The molecular formula is C15H12N4O6S. The van der Waals surface area contributed by atoms with Crippen LogP contribution >= 0.6 is 11.3 Å². The average Bonchev–Trinajstić information content (AvgIpc) is 3.13. The Labute approximate surface area is 151 Å². The van der Waals surface area contributed by atoms with Gasteiger partial charge >= 0.3 is 5.69 Å². The van der Waals surface area contributed by atoms with Crippen LogP contribution in [-0.2, 0) is 4.79 Å². The van der Waals surface area contributed by atoms with E-state index in [2.05, 4.69) is 10.3 Å². The summed E-state index contributed by atoms with van der Waals surface area (Å²) in [5, 5.41) is 35.0. The van der Waals surface area contributed by atoms with Crippen molar-refractivity contribution in [2.45, 2.75) is 0 Å². The number of aromatic nitrogens is 1. The fourth-order valence-electron chi connectivity index (χ4n) is 2.02. The number of benzene rings is 1. The molecule has 0 saturated heterocycles. The molecule has 2 rings (SSSR count). The summed E-state index contributed by atoms with van der Waals surface area (Å²) in [5.74, 6) is -1.84. The number of anilines is 1. The number of amides is 1. The first kappa shape index (κ1) is 18.7. The predicted molar refractivity (Wildman–Crippen MR) is 92.1 cm³/mol. The standard InChI is InChI=1S/C15H12N4O6S/c1-24-11-6-8(5-10(19(22)23)13(11)25-2)12(20)9(7-16)14(21)18-15-17-3-4-26-15/h3-6,20H,1-2H3,(H,17,18,21)/b12-9-. The lowest BCUT2D eigenvalue weighted by Gasteiger charge is -2.11. The number of rotatable bonds is 6. The first-order valence-electron chi connectivity index (χ1n) is 6.87. The van der Waals surface area contributed by atoms with Crippen LogP contribution in [0.2, 0.25) is 0 Å². The van der Waals surface area contributed by atoms with E-state index in [0.29, 0.717) is 0 Å². The van der Waals surface area contributed by atoms with Gasteiger partial charge in [0.2, 0.25) is 5.75 Å². The zero-order valence-electron chi connectivity index (χ0n) is 13.5. The van der Waals surface area contributed by atoms with Gasteiger partial charge in [-0.2, -0.15) is 5.26 Å². The van der Waals surface area contributed by atoms with Crippen LogP contribution in [-0.4, -0.2) is 35.1 Å². The number of nitriles is 1. The number of methoxy groups -OCH3 is 2. The Bertz CT molecular complexity index is 917. The van der Waals surface area contributed by atoms with E-state index in [-0.39, 0.29) is 22.2 Å². The number of thiazole rings is 1. The van der Waals surface area contributed by atoms with Crippen LogP contribution in [0.4, 0.5) is 10.8 Å². The second-order valence-corrected chi connectivity index (χ2v) is 5.51. The number of nitro groups is 1. The van der Waals surface area contributed by atoms with Gasteiger partial charge in [-0.15, -0.1) is 11.3 Å². The van der Waals surface area contributed by atoms with Gasteiger partial charge < -0.3 is 14.6 Å². The van der Waals surface area contributed by atoms with Crippen LogP contribution < -0.4 is 14.8 Å². The highest BCUT2D eigenvalue weighted by Crippen LogP contribution is 2.39. The van der Waals surface area contributed by atoms with Gasteiger partial charge in [-0.25, -0.2) is 4.98 Å². The van der Waals surface area contributed by atoms with Crippen molar-refractivity contribution in [1.29, 1.82) is 5.26 Å². The van der Waals surface area contributed by atoms with Gasteiger partial charge in [0.05, 0.1) is 19.1 Å². The lowest BCUT2D eigenvalue weighted by atomic mass is 10.1. The normalized spacial score (nSPS) is 11.1. The minimum atomic E-state index is -0.905. The number of nitrogens with one attached hydrogen (secondary N) is 1. The third-order valence-corrected chi connectivity index (χ3v) is 3.85.